The maximum atomic E-state index is 12.3. The van der Waals surface area contributed by atoms with Crippen LogP contribution in [0.5, 0.6) is 0 Å². The van der Waals surface area contributed by atoms with E-state index in [-0.39, 0.29) is 11.0 Å². The molecule has 2 aromatic heterocycles. The first kappa shape index (κ1) is 37.4. The number of sulfone groups is 1. The highest BCUT2D eigenvalue weighted by atomic mass is 32.2. The molecular weight excluding hydrogens is 640 g/mol. The first-order valence-electron chi connectivity index (χ1n) is 16.1. The number of nitrogens with one attached hydrogen (secondary N) is 1. The van der Waals surface area contributed by atoms with E-state index in [0.717, 1.165) is 31.5 Å². The Balaban J connectivity index is 1.90. The number of methoxy groups -OCH3 is 5. The van der Waals surface area contributed by atoms with Crippen molar-refractivity contribution in [3.8, 4) is 0 Å². The van der Waals surface area contributed by atoms with Crippen LogP contribution in [0.1, 0.15) is 18.4 Å². The van der Waals surface area contributed by atoms with Gasteiger partial charge in [0.05, 0.1) is 37.4 Å². The van der Waals surface area contributed by atoms with Crippen molar-refractivity contribution in [3.05, 3.63) is 29.8 Å². The van der Waals surface area contributed by atoms with Crippen LogP contribution in [-0.2, 0) is 40.1 Å². The van der Waals surface area contributed by atoms with Gasteiger partial charge < -0.3 is 43.7 Å². The highest BCUT2D eigenvalue weighted by molar-refractivity contribution is 7.90. The number of piperidine rings is 1. The maximum absolute atomic E-state index is 12.3. The number of hydrogen-bond acceptors (Lipinski definition) is 15. The van der Waals surface area contributed by atoms with Gasteiger partial charge in [0.25, 0.3) is 0 Å². The average molecular weight is 691 g/mol. The largest absolute Gasteiger partial charge is 0.383 e. The van der Waals surface area contributed by atoms with Gasteiger partial charge in [0, 0.05) is 87.6 Å². The molecule has 0 spiro atoms. The van der Waals surface area contributed by atoms with Gasteiger partial charge in [-0.3, -0.25) is 0 Å². The Bertz CT molecular complexity index is 1540. The normalized spacial score (nSPS) is 14.1. The Labute approximate surface area is 283 Å². The number of anilines is 4. The lowest BCUT2D eigenvalue weighted by Gasteiger charge is -2.33. The molecule has 15 nitrogen and oxygen atoms in total. The molecule has 16 heteroatoms. The quantitative estimate of drug-likeness (QED) is 0.184. The minimum Gasteiger partial charge on any atom is -0.383 e. The fourth-order valence-corrected chi connectivity index (χ4v) is 6.10. The highest BCUT2D eigenvalue weighted by Gasteiger charge is 2.27. The summed E-state index contributed by atoms with van der Waals surface area (Å²) < 4.78 is 51.9. The van der Waals surface area contributed by atoms with E-state index in [2.05, 4.69) is 10.2 Å². The maximum Gasteiger partial charge on any atom is 0.228 e. The fourth-order valence-electron chi connectivity index (χ4n) is 5.41. The number of hydrogen-bond donors (Lipinski definition) is 1. The first-order chi connectivity index (χ1) is 23.2. The Morgan fingerprint density at radius 3 is 1.85 bits per heavy atom. The Hall–Kier alpha value is -3.41. The van der Waals surface area contributed by atoms with Gasteiger partial charge in [-0.1, -0.05) is 12.1 Å². The third kappa shape index (κ3) is 10.1. The molecule has 0 unspecified atom stereocenters. The molecule has 3 aromatic rings. The number of fused-ring (bicyclic) bond motifs is 1. The van der Waals surface area contributed by atoms with Gasteiger partial charge in [-0.25, -0.2) is 18.4 Å². The summed E-state index contributed by atoms with van der Waals surface area (Å²) in [7, 11) is 5.01. The van der Waals surface area contributed by atoms with Gasteiger partial charge in [-0.15, -0.1) is 0 Å². The number of rotatable bonds is 20. The van der Waals surface area contributed by atoms with Gasteiger partial charge in [0.1, 0.15) is 11.0 Å². The summed E-state index contributed by atoms with van der Waals surface area (Å²) in [6.07, 6.45) is 3.08. The molecule has 0 aliphatic carbocycles. The molecule has 1 aliphatic rings. The zero-order chi connectivity index (χ0) is 34.5. The van der Waals surface area contributed by atoms with Crippen LogP contribution in [0, 0.1) is 0 Å². The van der Waals surface area contributed by atoms with Crippen LogP contribution in [-0.4, -0.2) is 142 Å². The second-order valence-corrected chi connectivity index (χ2v) is 13.6. The summed E-state index contributed by atoms with van der Waals surface area (Å²) in [6.45, 7) is 5.84. The van der Waals surface area contributed by atoms with Crippen molar-refractivity contribution in [2.45, 2.75) is 30.4 Å². The van der Waals surface area contributed by atoms with Gasteiger partial charge in [-0.2, -0.15) is 9.97 Å². The first-order valence-corrected chi connectivity index (χ1v) is 18.0. The Morgan fingerprint density at radius 1 is 0.792 bits per heavy atom. The molecule has 1 N–H and O–H groups in total. The highest BCUT2D eigenvalue weighted by Crippen LogP contribution is 2.33. The van der Waals surface area contributed by atoms with Crippen molar-refractivity contribution in [1.82, 2.24) is 19.9 Å². The SMILES string of the molecule is COCCN(CCOC)c1nc(N2CCC(OC)CC2)c2nc(N(CCOC)CCOC)nc(NCc3cccc(S(C)(=O)=O)c3)c2n1. The molecule has 0 saturated carbocycles. The minimum absolute atomic E-state index is 0.178. The molecule has 48 heavy (non-hydrogen) atoms. The van der Waals surface area contributed by atoms with E-state index < -0.39 is 9.84 Å². The molecule has 0 amide bonds. The predicted octanol–water partition coefficient (Wildman–Crippen LogP) is 2.25. The fraction of sp³-hybridized carbons (Fsp3) is 0.625. The second-order valence-electron chi connectivity index (χ2n) is 11.6. The third-order valence-corrected chi connectivity index (χ3v) is 9.30. The van der Waals surface area contributed by atoms with Crippen molar-refractivity contribution < 1.29 is 32.1 Å². The predicted molar refractivity (Wildman–Crippen MR) is 186 cm³/mol. The number of aromatic nitrogens is 4. The monoisotopic (exact) mass is 690 g/mol. The van der Waals surface area contributed by atoms with Gasteiger partial charge in [0.2, 0.25) is 11.9 Å². The van der Waals surface area contributed by atoms with E-state index in [1.54, 1.807) is 53.7 Å². The molecule has 0 radical (unpaired) electrons. The molecule has 0 bridgehead atoms. The van der Waals surface area contributed by atoms with Crippen LogP contribution in [0.3, 0.4) is 0 Å². The van der Waals surface area contributed by atoms with E-state index in [1.165, 1.54) is 6.26 Å². The summed E-state index contributed by atoms with van der Waals surface area (Å²) in [4.78, 5) is 26.8. The second kappa shape index (κ2) is 18.4. The summed E-state index contributed by atoms with van der Waals surface area (Å²) in [6, 6.07) is 6.87. The lowest BCUT2D eigenvalue weighted by atomic mass is 10.1. The van der Waals surface area contributed by atoms with E-state index in [9.17, 15) is 8.42 Å². The Kier molecular flexibility index (Phi) is 14.3. The van der Waals surface area contributed by atoms with Gasteiger partial charge >= 0.3 is 0 Å². The Morgan fingerprint density at radius 2 is 1.33 bits per heavy atom. The molecule has 1 saturated heterocycles. The number of benzene rings is 1. The molecule has 1 aromatic carbocycles. The van der Waals surface area contributed by atoms with Crippen LogP contribution in [0.15, 0.2) is 29.2 Å². The minimum atomic E-state index is -3.38. The zero-order valence-electron chi connectivity index (χ0n) is 29.0. The van der Waals surface area contributed by atoms with E-state index >= 15 is 0 Å². The number of nitrogens with zero attached hydrogens (tertiary/aromatic N) is 7. The third-order valence-electron chi connectivity index (χ3n) is 8.19. The van der Waals surface area contributed by atoms with Crippen molar-refractivity contribution in [2.75, 3.05) is 128 Å². The van der Waals surface area contributed by atoms with E-state index in [4.69, 9.17) is 43.6 Å². The lowest BCUT2D eigenvalue weighted by molar-refractivity contribution is 0.0818. The van der Waals surface area contributed by atoms with Crippen LogP contribution in [0.4, 0.5) is 23.5 Å². The molecule has 3 heterocycles. The van der Waals surface area contributed by atoms with Crippen LogP contribution < -0.4 is 20.0 Å². The average Bonchev–Trinajstić information content (AvgIpc) is 3.10. The molecule has 1 fully saturated rings. The van der Waals surface area contributed by atoms with Crippen molar-refractivity contribution in [2.24, 2.45) is 0 Å². The molecule has 1 aliphatic heterocycles. The van der Waals surface area contributed by atoms with E-state index in [0.29, 0.717) is 93.7 Å². The van der Waals surface area contributed by atoms with Gasteiger partial charge in [0.15, 0.2) is 21.5 Å². The molecule has 4 rings (SSSR count). The summed E-state index contributed by atoms with van der Waals surface area (Å²) in [5.74, 6) is 2.18. The molecular formula is C32H50N8O7S. The van der Waals surface area contributed by atoms with Crippen molar-refractivity contribution in [1.29, 1.82) is 0 Å². The topological polar surface area (TPSA) is 154 Å². The summed E-state index contributed by atoms with van der Waals surface area (Å²) in [5.41, 5.74) is 1.93. The van der Waals surface area contributed by atoms with Crippen LogP contribution >= 0.6 is 0 Å². The molecule has 0 atom stereocenters. The number of ether oxygens (including phenoxy) is 5. The van der Waals surface area contributed by atoms with Crippen molar-refractivity contribution >= 4 is 44.4 Å². The van der Waals surface area contributed by atoms with Crippen molar-refractivity contribution in [3.63, 3.8) is 0 Å². The lowest BCUT2D eigenvalue weighted by Crippen LogP contribution is -2.38. The summed E-state index contributed by atoms with van der Waals surface area (Å²) in [5, 5.41) is 3.46. The van der Waals surface area contributed by atoms with Crippen LogP contribution in [0.2, 0.25) is 0 Å². The smallest absolute Gasteiger partial charge is 0.228 e. The standard InChI is InChI=1S/C32H50N8O7S/c1-43-18-14-39(15-19-44-2)31-35-28-27(29(36-31)33-23-24-8-7-9-26(22-24)48(6,41)42)34-32(40(16-20-45-3)17-21-46-4)37-30(28)38-12-10-25(47-5)11-13-38/h7-9,22,25H,10-21,23H2,1-6H3,(H,33,35,36). The van der Waals surface area contributed by atoms with E-state index in [1.807, 2.05) is 15.9 Å². The molecule has 266 valence electrons. The zero-order valence-corrected chi connectivity index (χ0v) is 29.8. The van der Waals surface area contributed by atoms with Gasteiger partial charge in [-0.05, 0) is 30.5 Å². The summed E-state index contributed by atoms with van der Waals surface area (Å²) >= 11 is 0. The van der Waals surface area contributed by atoms with Crippen LogP contribution in [0.25, 0.3) is 11.0 Å².